The van der Waals surface area contributed by atoms with E-state index in [1.54, 1.807) is 6.92 Å². The maximum atomic E-state index is 14.8. The van der Waals surface area contributed by atoms with Crippen molar-refractivity contribution < 1.29 is 23.0 Å². The summed E-state index contributed by atoms with van der Waals surface area (Å²) in [5.41, 5.74) is 0.0508. The maximum Gasteiger partial charge on any atom is 0.349 e. The number of fused-ring (bicyclic) bond motifs is 3. The normalized spacial score (nSPS) is 22.3. The zero-order valence-electron chi connectivity index (χ0n) is 24.0. The highest BCUT2D eigenvalue weighted by molar-refractivity contribution is 6.03. The minimum Gasteiger partial charge on any atom is -0.508 e. The van der Waals surface area contributed by atoms with Crippen LogP contribution in [0.1, 0.15) is 49.7 Å². The van der Waals surface area contributed by atoms with Gasteiger partial charge in [-0.3, -0.25) is 4.90 Å². The Balaban J connectivity index is 1.41. The number of phenolic OH excluding ortho intramolecular Hbond substituents is 1. The van der Waals surface area contributed by atoms with Crippen molar-refractivity contribution in [2.75, 3.05) is 37.7 Å². The average molecular weight is 587 g/mol. The topological polar surface area (TPSA) is 91.9 Å². The molecule has 3 aliphatic rings. The number of benzene rings is 2. The maximum absolute atomic E-state index is 14.8. The van der Waals surface area contributed by atoms with Crippen LogP contribution in [0.15, 0.2) is 33.5 Å². The molecule has 3 aliphatic heterocycles. The number of phenols is 1. The first-order chi connectivity index (χ1) is 20.8. The standard InChI is InChI=1S/C33H32F2N4O4/c1-3-23-25(35)9-8-20-14-22(40)15-24(26(20)23)29-19(2)28-27(31(41)43-29)30(38-11-5-4-6-12-38)37-32(36-28)42-18-33-10-7-13-39(33)17-21(34)16-33/h1,8-9,14-15,21,40H,4-7,10-13,16-18H2,2H3/t21-,33+/m1/s1. The zero-order chi connectivity index (χ0) is 29.9. The Labute approximate surface area is 247 Å². The van der Waals surface area contributed by atoms with Gasteiger partial charge < -0.3 is 19.2 Å². The fourth-order valence-corrected chi connectivity index (χ4v) is 7.26. The lowest BCUT2D eigenvalue weighted by molar-refractivity contribution is 0.107. The first-order valence-corrected chi connectivity index (χ1v) is 14.8. The third-order valence-corrected chi connectivity index (χ3v) is 9.29. The predicted molar refractivity (Wildman–Crippen MR) is 160 cm³/mol. The van der Waals surface area contributed by atoms with E-state index in [1.165, 1.54) is 24.3 Å². The number of halogens is 2. The fourth-order valence-electron chi connectivity index (χ4n) is 7.26. The Hall–Kier alpha value is -4.23. The summed E-state index contributed by atoms with van der Waals surface area (Å²) in [4.78, 5) is 27.4. The molecule has 0 bridgehead atoms. The minimum absolute atomic E-state index is 0.00142. The molecule has 0 spiro atoms. The summed E-state index contributed by atoms with van der Waals surface area (Å²) < 4.78 is 41.4. The molecule has 222 valence electrons. The Morgan fingerprint density at radius 1 is 1.16 bits per heavy atom. The van der Waals surface area contributed by atoms with Gasteiger partial charge in [-0.05, 0) is 69.2 Å². The second kappa shape index (κ2) is 10.5. The molecule has 3 saturated heterocycles. The number of aromatic nitrogens is 2. The summed E-state index contributed by atoms with van der Waals surface area (Å²) in [7, 11) is 0. The third kappa shape index (κ3) is 4.58. The molecule has 7 rings (SSSR count). The van der Waals surface area contributed by atoms with E-state index in [2.05, 4.69) is 15.7 Å². The minimum atomic E-state index is -0.894. The zero-order valence-corrected chi connectivity index (χ0v) is 24.0. The number of hydrogen-bond donors (Lipinski definition) is 1. The van der Waals surface area contributed by atoms with Crippen molar-refractivity contribution in [1.29, 1.82) is 0 Å². The molecule has 0 unspecified atom stereocenters. The quantitative estimate of drug-likeness (QED) is 0.308. The van der Waals surface area contributed by atoms with Crippen LogP contribution in [0.25, 0.3) is 33.0 Å². The van der Waals surface area contributed by atoms with Crippen molar-refractivity contribution in [1.82, 2.24) is 14.9 Å². The van der Waals surface area contributed by atoms with Crippen molar-refractivity contribution in [3.8, 4) is 35.4 Å². The highest BCUT2D eigenvalue weighted by Crippen LogP contribution is 2.42. The number of terminal acetylenes is 1. The molecule has 0 amide bonds. The molecule has 2 aromatic carbocycles. The van der Waals surface area contributed by atoms with Crippen LogP contribution < -0.4 is 15.3 Å². The van der Waals surface area contributed by atoms with Gasteiger partial charge in [0.1, 0.15) is 35.5 Å². The van der Waals surface area contributed by atoms with Crippen molar-refractivity contribution in [2.45, 2.75) is 57.2 Å². The summed E-state index contributed by atoms with van der Waals surface area (Å²) in [6.45, 7) is 4.67. The molecule has 5 heterocycles. The number of aryl methyl sites for hydroxylation is 1. The van der Waals surface area contributed by atoms with Crippen LogP contribution in [0.4, 0.5) is 14.6 Å². The molecular weight excluding hydrogens is 554 g/mol. The highest BCUT2D eigenvalue weighted by atomic mass is 19.1. The Bertz CT molecular complexity index is 1860. The van der Waals surface area contributed by atoms with Crippen LogP contribution in [-0.2, 0) is 0 Å². The van der Waals surface area contributed by atoms with Crippen LogP contribution in [0.5, 0.6) is 11.8 Å². The van der Waals surface area contributed by atoms with Gasteiger partial charge >= 0.3 is 11.6 Å². The van der Waals surface area contributed by atoms with Crippen molar-refractivity contribution in [3.63, 3.8) is 0 Å². The molecule has 3 fully saturated rings. The number of piperidine rings is 1. The number of nitrogens with zero attached hydrogens (tertiary/aromatic N) is 4. The number of aromatic hydroxyl groups is 1. The van der Waals surface area contributed by atoms with Crippen LogP contribution in [0.3, 0.4) is 0 Å². The number of rotatable bonds is 5. The van der Waals surface area contributed by atoms with Crippen molar-refractivity contribution >= 4 is 27.5 Å². The summed E-state index contributed by atoms with van der Waals surface area (Å²) in [5.74, 6) is 2.27. The predicted octanol–water partition coefficient (Wildman–Crippen LogP) is 5.48. The summed E-state index contributed by atoms with van der Waals surface area (Å²) in [6, 6.07) is 5.75. The molecule has 0 saturated carbocycles. The van der Waals surface area contributed by atoms with E-state index in [0.717, 1.165) is 51.7 Å². The van der Waals surface area contributed by atoms with Crippen LogP contribution in [-0.4, -0.2) is 64.5 Å². The van der Waals surface area contributed by atoms with E-state index in [9.17, 15) is 18.7 Å². The monoisotopic (exact) mass is 586 g/mol. The molecule has 2 atom stereocenters. The highest BCUT2D eigenvalue weighted by Gasteiger charge is 2.49. The number of hydrogen-bond acceptors (Lipinski definition) is 8. The molecule has 4 aromatic rings. The smallest absolute Gasteiger partial charge is 0.349 e. The van der Waals surface area contributed by atoms with E-state index >= 15 is 0 Å². The van der Waals surface area contributed by atoms with Gasteiger partial charge in [-0.1, -0.05) is 12.0 Å². The van der Waals surface area contributed by atoms with Gasteiger partial charge in [0.2, 0.25) is 0 Å². The number of anilines is 1. The van der Waals surface area contributed by atoms with E-state index in [4.69, 9.17) is 25.5 Å². The molecule has 10 heteroatoms. The van der Waals surface area contributed by atoms with E-state index < -0.39 is 23.2 Å². The molecule has 0 radical (unpaired) electrons. The SMILES string of the molecule is C#Cc1c(F)ccc2cc(O)cc(-c3oc(=O)c4c(N5CCCCC5)nc(OC[C@@]56CCCN5C[C@H](F)C6)nc4c3C)c12. The van der Waals surface area contributed by atoms with E-state index in [0.29, 0.717) is 40.6 Å². The molecular formula is C33H32F2N4O4. The molecule has 0 aliphatic carbocycles. The van der Waals surface area contributed by atoms with Crippen molar-refractivity contribution in [3.05, 3.63) is 51.6 Å². The lowest BCUT2D eigenvalue weighted by Gasteiger charge is -2.31. The molecule has 1 N–H and O–H groups in total. The Morgan fingerprint density at radius 2 is 1.98 bits per heavy atom. The van der Waals surface area contributed by atoms with E-state index in [1.807, 2.05) is 0 Å². The largest absolute Gasteiger partial charge is 0.508 e. The Morgan fingerprint density at radius 3 is 2.77 bits per heavy atom. The first-order valence-electron chi connectivity index (χ1n) is 14.8. The fraction of sp³-hybridized carbons (Fsp3) is 0.424. The van der Waals surface area contributed by atoms with Crippen LogP contribution in [0.2, 0.25) is 0 Å². The molecule has 2 aromatic heterocycles. The lowest BCUT2D eigenvalue weighted by Crippen LogP contribution is -2.43. The van der Waals surface area contributed by atoms with Gasteiger partial charge in [-0.2, -0.15) is 9.97 Å². The Kier molecular flexibility index (Phi) is 6.73. The lowest BCUT2D eigenvalue weighted by atomic mass is 9.95. The van der Waals surface area contributed by atoms with Gasteiger partial charge in [0.05, 0.1) is 16.6 Å². The summed E-state index contributed by atoms with van der Waals surface area (Å²) in [5, 5.41) is 11.6. The van der Waals surface area contributed by atoms with E-state index in [-0.39, 0.29) is 40.6 Å². The van der Waals surface area contributed by atoms with Gasteiger partial charge in [0, 0.05) is 42.6 Å². The third-order valence-electron chi connectivity index (χ3n) is 9.29. The first kappa shape index (κ1) is 27.6. The van der Waals surface area contributed by atoms with Gasteiger partial charge in [-0.15, -0.1) is 6.42 Å². The second-order valence-electron chi connectivity index (χ2n) is 12.0. The van der Waals surface area contributed by atoms with Gasteiger partial charge in [0.15, 0.2) is 5.82 Å². The van der Waals surface area contributed by atoms with Crippen LogP contribution >= 0.6 is 0 Å². The second-order valence-corrected chi connectivity index (χ2v) is 12.0. The average Bonchev–Trinajstić information content (AvgIpc) is 3.53. The molecule has 43 heavy (non-hydrogen) atoms. The van der Waals surface area contributed by atoms with Crippen LogP contribution in [0, 0.1) is 25.1 Å². The number of alkyl halides is 1. The summed E-state index contributed by atoms with van der Waals surface area (Å²) >= 11 is 0. The van der Waals surface area contributed by atoms with Gasteiger partial charge in [-0.25, -0.2) is 13.6 Å². The van der Waals surface area contributed by atoms with Gasteiger partial charge in [0.25, 0.3) is 0 Å². The number of ether oxygens (including phenoxy) is 1. The molecule has 8 nitrogen and oxygen atoms in total. The summed E-state index contributed by atoms with van der Waals surface area (Å²) in [6.07, 6.45) is 10.0. The van der Waals surface area contributed by atoms with Crippen molar-refractivity contribution in [2.24, 2.45) is 0 Å².